The third kappa shape index (κ3) is 2.60. The summed E-state index contributed by atoms with van der Waals surface area (Å²) in [5.74, 6) is 0.0814. The number of hydrogen-bond acceptors (Lipinski definition) is 2. The Bertz CT molecular complexity index is 743. The van der Waals surface area contributed by atoms with Gasteiger partial charge in [0.25, 0.3) is 0 Å². The Morgan fingerprint density at radius 2 is 1.92 bits per heavy atom. The van der Waals surface area contributed by atoms with E-state index in [2.05, 4.69) is 34.3 Å². The fourth-order valence-corrected chi connectivity index (χ4v) is 3.78. The first-order valence-electron chi connectivity index (χ1n) is 8.51. The van der Waals surface area contributed by atoms with Gasteiger partial charge in [0.2, 0.25) is 11.8 Å². The molecule has 2 aliphatic rings. The molecule has 2 unspecified atom stereocenters. The molecule has 24 heavy (non-hydrogen) atoms. The highest BCUT2D eigenvalue weighted by molar-refractivity contribution is 5.84. The SMILES string of the molecule is O=C1CCC(C(=O)N2CCn3cccc3C2c2ccccc2)CN1. The summed E-state index contributed by atoms with van der Waals surface area (Å²) in [4.78, 5) is 26.5. The molecule has 1 saturated heterocycles. The van der Waals surface area contributed by atoms with E-state index in [1.807, 2.05) is 29.2 Å². The Balaban J connectivity index is 1.66. The molecule has 2 aliphatic heterocycles. The van der Waals surface area contributed by atoms with Crippen LogP contribution in [0.25, 0.3) is 0 Å². The summed E-state index contributed by atoms with van der Waals surface area (Å²) >= 11 is 0. The van der Waals surface area contributed by atoms with Crippen LogP contribution < -0.4 is 5.32 Å². The van der Waals surface area contributed by atoms with Gasteiger partial charge in [-0.1, -0.05) is 30.3 Å². The van der Waals surface area contributed by atoms with E-state index in [0.717, 1.165) is 17.8 Å². The number of nitrogens with one attached hydrogen (secondary N) is 1. The number of aromatic nitrogens is 1. The van der Waals surface area contributed by atoms with Crippen LogP contribution in [0.2, 0.25) is 0 Å². The summed E-state index contributed by atoms with van der Waals surface area (Å²) in [6.45, 7) is 1.97. The monoisotopic (exact) mass is 323 g/mol. The van der Waals surface area contributed by atoms with E-state index in [4.69, 9.17) is 0 Å². The Kier molecular flexibility index (Phi) is 3.84. The van der Waals surface area contributed by atoms with Gasteiger partial charge in [0.1, 0.15) is 0 Å². The summed E-state index contributed by atoms with van der Waals surface area (Å²) < 4.78 is 2.23. The highest BCUT2D eigenvalue weighted by atomic mass is 16.2. The lowest BCUT2D eigenvalue weighted by atomic mass is 9.94. The summed E-state index contributed by atoms with van der Waals surface area (Å²) in [7, 11) is 0. The number of carbonyl (C=O) groups is 2. The minimum Gasteiger partial charge on any atom is -0.355 e. The van der Waals surface area contributed by atoms with Crippen molar-refractivity contribution in [2.24, 2.45) is 5.92 Å². The fourth-order valence-electron chi connectivity index (χ4n) is 3.78. The Morgan fingerprint density at radius 3 is 2.67 bits per heavy atom. The molecule has 2 atom stereocenters. The van der Waals surface area contributed by atoms with Crippen molar-refractivity contribution >= 4 is 11.8 Å². The van der Waals surface area contributed by atoms with E-state index in [0.29, 0.717) is 25.9 Å². The maximum Gasteiger partial charge on any atom is 0.228 e. The molecule has 5 heteroatoms. The van der Waals surface area contributed by atoms with Crippen molar-refractivity contribution in [3.63, 3.8) is 0 Å². The van der Waals surface area contributed by atoms with Gasteiger partial charge in [-0.3, -0.25) is 9.59 Å². The molecular weight excluding hydrogens is 302 g/mol. The van der Waals surface area contributed by atoms with Crippen molar-refractivity contribution in [1.29, 1.82) is 0 Å². The molecule has 1 fully saturated rings. The van der Waals surface area contributed by atoms with Crippen LogP contribution in [0.15, 0.2) is 48.7 Å². The van der Waals surface area contributed by atoms with E-state index in [9.17, 15) is 9.59 Å². The first-order chi connectivity index (χ1) is 11.7. The third-order valence-electron chi connectivity index (χ3n) is 5.05. The average Bonchev–Trinajstić information content (AvgIpc) is 3.10. The van der Waals surface area contributed by atoms with Gasteiger partial charge in [-0.2, -0.15) is 0 Å². The minimum absolute atomic E-state index is 0.0474. The van der Waals surface area contributed by atoms with Gasteiger partial charge in [-0.05, 0) is 24.1 Å². The molecule has 2 aromatic rings. The van der Waals surface area contributed by atoms with Gasteiger partial charge >= 0.3 is 0 Å². The van der Waals surface area contributed by atoms with Gasteiger partial charge in [-0.15, -0.1) is 0 Å². The first kappa shape index (κ1) is 15.0. The highest BCUT2D eigenvalue weighted by Crippen LogP contribution is 2.34. The fraction of sp³-hybridized carbons (Fsp3) is 0.368. The molecule has 0 spiro atoms. The minimum atomic E-state index is -0.115. The molecule has 1 aromatic heterocycles. The second-order valence-corrected chi connectivity index (χ2v) is 6.51. The lowest BCUT2D eigenvalue weighted by Crippen LogP contribution is -2.49. The zero-order chi connectivity index (χ0) is 16.5. The molecule has 0 aliphatic carbocycles. The van der Waals surface area contributed by atoms with Crippen molar-refractivity contribution in [3.05, 3.63) is 59.9 Å². The van der Waals surface area contributed by atoms with Gasteiger partial charge in [0.05, 0.1) is 12.0 Å². The van der Waals surface area contributed by atoms with Crippen LogP contribution in [0.5, 0.6) is 0 Å². The summed E-state index contributed by atoms with van der Waals surface area (Å²) in [5.41, 5.74) is 2.28. The lowest BCUT2D eigenvalue weighted by molar-refractivity contribution is -0.140. The standard InChI is InChI=1S/C19H21N3O2/c23-17-9-8-15(13-20-17)19(24)22-12-11-21-10-4-7-16(21)18(22)14-5-2-1-3-6-14/h1-7,10,15,18H,8-9,11-13H2,(H,20,23). The summed E-state index contributed by atoms with van der Waals surface area (Å²) in [5, 5.41) is 2.83. The molecule has 1 N–H and O–H groups in total. The number of hydrogen-bond donors (Lipinski definition) is 1. The Labute approximate surface area is 141 Å². The van der Waals surface area contributed by atoms with Crippen LogP contribution >= 0.6 is 0 Å². The molecular formula is C19H21N3O2. The third-order valence-corrected chi connectivity index (χ3v) is 5.05. The highest BCUT2D eigenvalue weighted by Gasteiger charge is 2.36. The van der Waals surface area contributed by atoms with Gasteiger partial charge < -0.3 is 14.8 Å². The van der Waals surface area contributed by atoms with Crippen LogP contribution in [0.1, 0.15) is 30.1 Å². The van der Waals surface area contributed by atoms with Gasteiger partial charge in [0, 0.05) is 37.9 Å². The largest absolute Gasteiger partial charge is 0.355 e. The van der Waals surface area contributed by atoms with Crippen molar-refractivity contribution in [2.75, 3.05) is 13.1 Å². The molecule has 5 nitrogen and oxygen atoms in total. The zero-order valence-electron chi connectivity index (χ0n) is 13.5. The molecule has 4 rings (SSSR count). The number of piperidine rings is 1. The first-order valence-corrected chi connectivity index (χ1v) is 8.51. The summed E-state index contributed by atoms with van der Waals surface area (Å²) in [6.07, 6.45) is 3.16. The quantitative estimate of drug-likeness (QED) is 0.918. The van der Waals surface area contributed by atoms with Gasteiger partial charge in [0.15, 0.2) is 0 Å². The van der Waals surface area contributed by atoms with E-state index < -0.39 is 0 Å². The molecule has 1 aromatic carbocycles. The summed E-state index contributed by atoms with van der Waals surface area (Å²) in [6, 6.07) is 14.3. The second-order valence-electron chi connectivity index (χ2n) is 6.51. The van der Waals surface area contributed by atoms with Crippen molar-refractivity contribution in [2.45, 2.75) is 25.4 Å². The normalized spacial score (nSPS) is 23.5. The second kappa shape index (κ2) is 6.15. The number of benzene rings is 1. The number of amides is 2. The predicted octanol–water partition coefficient (Wildman–Crippen LogP) is 1.95. The van der Waals surface area contributed by atoms with Crippen LogP contribution in [0.4, 0.5) is 0 Å². The zero-order valence-corrected chi connectivity index (χ0v) is 13.5. The number of nitrogens with zero attached hydrogens (tertiary/aromatic N) is 2. The topological polar surface area (TPSA) is 54.3 Å². The smallest absolute Gasteiger partial charge is 0.228 e. The predicted molar refractivity (Wildman–Crippen MR) is 90.2 cm³/mol. The van der Waals surface area contributed by atoms with E-state index in [1.165, 1.54) is 0 Å². The number of fused-ring (bicyclic) bond motifs is 1. The Morgan fingerprint density at radius 1 is 1.08 bits per heavy atom. The van der Waals surface area contributed by atoms with E-state index in [-0.39, 0.29) is 23.8 Å². The number of rotatable bonds is 2. The van der Waals surface area contributed by atoms with Crippen molar-refractivity contribution in [3.8, 4) is 0 Å². The van der Waals surface area contributed by atoms with Gasteiger partial charge in [-0.25, -0.2) is 0 Å². The lowest BCUT2D eigenvalue weighted by Gasteiger charge is -2.39. The molecule has 0 bridgehead atoms. The van der Waals surface area contributed by atoms with Crippen LogP contribution in [0, 0.1) is 5.92 Å². The maximum absolute atomic E-state index is 13.1. The van der Waals surface area contributed by atoms with Crippen LogP contribution in [0.3, 0.4) is 0 Å². The molecule has 124 valence electrons. The van der Waals surface area contributed by atoms with E-state index >= 15 is 0 Å². The molecule has 3 heterocycles. The molecule has 2 amide bonds. The average molecular weight is 323 g/mol. The number of carbonyl (C=O) groups excluding carboxylic acids is 2. The van der Waals surface area contributed by atoms with Crippen molar-refractivity contribution in [1.82, 2.24) is 14.8 Å². The van der Waals surface area contributed by atoms with E-state index in [1.54, 1.807) is 0 Å². The van der Waals surface area contributed by atoms with Crippen molar-refractivity contribution < 1.29 is 9.59 Å². The maximum atomic E-state index is 13.1. The Hall–Kier alpha value is -2.56. The molecule has 0 radical (unpaired) electrons. The molecule has 0 saturated carbocycles. The van der Waals surface area contributed by atoms with Crippen LogP contribution in [-0.2, 0) is 16.1 Å². The van der Waals surface area contributed by atoms with Crippen LogP contribution in [-0.4, -0.2) is 34.4 Å².